The molecular formula is C23H26N2O5. The standard InChI is InChI=1S/C23H26N2O5/c1-15-9-10-20(29-3)19(11-15)24-21(26)14-30-23(28)18-12-22(27)25(13-18)16(2)17-7-5-4-6-8-17/h4-11,16,18H,12-14H2,1-3H3,(H,24,26)/t16-,18-/m1/s1. The fourth-order valence-electron chi connectivity index (χ4n) is 3.54. The van der Waals surface area contributed by atoms with Crippen LogP contribution in [0.15, 0.2) is 48.5 Å². The van der Waals surface area contributed by atoms with E-state index in [9.17, 15) is 14.4 Å². The van der Waals surface area contributed by atoms with Crippen molar-refractivity contribution >= 4 is 23.5 Å². The van der Waals surface area contributed by atoms with Gasteiger partial charge >= 0.3 is 5.97 Å². The quantitative estimate of drug-likeness (QED) is 0.709. The molecule has 1 aliphatic heterocycles. The summed E-state index contributed by atoms with van der Waals surface area (Å²) >= 11 is 0. The number of carbonyl (C=O) groups excluding carboxylic acids is 3. The molecule has 0 spiro atoms. The highest BCUT2D eigenvalue weighted by molar-refractivity contribution is 5.95. The van der Waals surface area contributed by atoms with E-state index in [1.807, 2.05) is 50.2 Å². The van der Waals surface area contributed by atoms with Gasteiger partial charge in [-0.3, -0.25) is 14.4 Å². The molecule has 0 bridgehead atoms. The molecule has 2 aromatic carbocycles. The molecule has 0 aliphatic carbocycles. The molecule has 2 atom stereocenters. The zero-order valence-electron chi connectivity index (χ0n) is 17.4. The number of methoxy groups -OCH3 is 1. The largest absolute Gasteiger partial charge is 0.495 e. The lowest BCUT2D eigenvalue weighted by atomic mass is 10.1. The number of hydrogen-bond acceptors (Lipinski definition) is 5. The van der Waals surface area contributed by atoms with Gasteiger partial charge < -0.3 is 19.7 Å². The third-order valence-electron chi connectivity index (χ3n) is 5.22. The summed E-state index contributed by atoms with van der Waals surface area (Å²) in [6.45, 7) is 3.69. The average molecular weight is 410 g/mol. The van der Waals surface area contributed by atoms with E-state index in [1.165, 1.54) is 7.11 Å². The molecule has 3 rings (SSSR count). The molecular weight excluding hydrogens is 384 g/mol. The molecule has 2 aromatic rings. The maximum Gasteiger partial charge on any atom is 0.311 e. The van der Waals surface area contributed by atoms with Crippen LogP contribution in [0.5, 0.6) is 5.75 Å². The van der Waals surface area contributed by atoms with Gasteiger partial charge in [-0.1, -0.05) is 36.4 Å². The van der Waals surface area contributed by atoms with Crippen molar-refractivity contribution in [1.82, 2.24) is 4.90 Å². The highest BCUT2D eigenvalue weighted by Crippen LogP contribution is 2.29. The number of benzene rings is 2. The Hall–Kier alpha value is -3.35. The van der Waals surface area contributed by atoms with Crippen molar-refractivity contribution in [3.05, 3.63) is 59.7 Å². The maximum atomic E-state index is 12.4. The lowest BCUT2D eigenvalue weighted by Crippen LogP contribution is -2.30. The minimum atomic E-state index is -0.579. The minimum Gasteiger partial charge on any atom is -0.495 e. The van der Waals surface area contributed by atoms with Gasteiger partial charge in [0.1, 0.15) is 5.75 Å². The van der Waals surface area contributed by atoms with Crippen LogP contribution in [-0.4, -0.2) is 42.9 Å². The van der Waals surface area contributed by atoms with Crippen molar-refractivity contribution in [3.63, 3.8) is 0 Å². The first-order chi connectivity index (χ1) is 14.4. The number of anilines is 1. The fourth-order valence-corrected chi connectivity index (χ4v) is 3.54. The topological polar surface area (TPSA) is 84.9 Å². The van der Waals surface area contributed by atoms with E-state index < -0.39 is 24.4 Å². The molecule has 1 saturated heterocycles. The lowest BCUT2D eigenvalue weighted by Gasteiger charge is -2.25. The summed E-state index contributed by atoms with van der Waals surface area (Å²) in [6.07, 6.45) is 0.0866. The molecule has 7 heteroatoms. The van der Waals surface area contributed by atoms with Crippen LogP contribution in [0.2, 0.25) is 0 Å². The predicted octanol–water partition coefficient (Wildman–Crippen LogP) is 3.10. The van der Waals surface area contributed by atoms with Crippen molar-refractivity contribution in [2.24, 2.45) is 5.92 Å². The van der Waals surface area contributed by atoms with Crippen molar-refractivity contribution in [3.8, 4) is 5.75 Å². The molecule has 1 N–H and O–H groups in total. The Kier molecular flexibility index (Phi) is 6.72. The molecule has 30 heavy (non-hydrogen) atoms. The van der Waals surface area contributed by atoms with Crippen LogP contribution in [0.25, 0.3) is 0 Å². The number of carbonyl (C=O) groups is 3. The second-order valence-corrected chi connectivity index (χ2v) is 7.39. The third kappa shape index (κ3) is 4.97. The van der Waals surface area contributed by atoms with E-state index in [-0.39, 0.29) is 24.9 Å². The first-order valence-corrected chi connectivity index (χ1v) is 9.84. The number of nitrogens with one attached hydrogen (secondary N) is 1. The molecule has 158 valence electrons. The number of rotatable bonds is 7. The molecule has 1 fully saturated rings. The smallest absolute Gasteiger partial charge is 0.311 e. The number of aryl methyl sites for hydroxylation is 1. The van der Waals surface area contributed by atoms with Gasteiger partial charge in [0.2, 0.25) is 5.91 Å². The summed E-state index contributed by atoms with van der Waals surface area (Å²) in [4.78, 5) is 38.7. The maximum absolute atomic E-state index is 12.4. The van der Waals surface area contributed by atoms with Crippen LogP contribution in [-0.2, 0) is 19.1 Å². The monoisotopic (exact) mass is 410 g/mol. The zero-order chi connectivity index (χ0) is 21.7. The van der Waals surface area contributed by atoms with E-state index >= 15 is 0 Å². The number of esters is 1. The lowest BCUT2D eigenvalue weighted by molar-refractivity contribution is -0.151. The van der Waals surface area contributed by atoms with E-state index in [2.05, 4.69) is 5.32 Å². The summed E-state index contributed by atoms with van der Waals surface area (Å²) in [6, 6.07) is 14.9. The fraction of sp³-hybridized carbons (Fsp3) is 0.348. The third-order valence-corrected chi connectivity index (χ3v) is 5.22. The summed E-state index contributed by atoms with van der Waals surface area (Å²) in [5.74, 6) is -1.16. The van der Waals surface area contributed by atoms with E-state index in [0.29, 0.717) is 11.4 Å². The van der Waals surface area contributed by atoms with Gasteiger partial charge in [-0.05, 0) is 37.1 Å². The molecule has 0 radical (unpaired) electrons. The van der Waals surface area contributed by atoms with E-state index in [1.54, 1.807) is 17.0 Å². The minimum absolute atomic E-state index is 0.0866. The van der Waals surface area contributed by atoms with Gasteiger partial charge in [-0.15, -0.1) is 0 Å². The Balaban J connectivity index is 1.53. The predicted molar refractivity (Wildman–Crippen MR) is 112 cm³/mol. The van der Waals surface area contributed by atoms with E-state index in [0.717, 1.165) is 11.1 Å². The van der Waals surface area contributed by atoms with Crippen molar-refractivity contribution in [2.75, 3.05) is 25.6 Å². The highest BCUT2D eigenvalue weighted by Gasteiger charge is 2.38. The first kappa shape index (κ1) is 21.4. The summed E-state index contributed by atoms with van der Waals surface area (Å²) < 4.78 is 10.4. The molecule has 0 unspecified atom stereocenters. The number of amides is 2. The highest BCUT2D eigenvalue weighted by atomic mass is 16.5. The van der Waals surface area contributed by atoms with Gasteiger partial charge in [-0.2, -0.15) is 0 Å². The van der Waals surface area contributed by atoms with Crippen LogP contribution in [0.4, 0.5) is 5.69 Å². The number of ether oxygens (including phenoxy) is 2. The molecule has 1 heterocycles. The van der Waals surface area contributed by atoms with Crippen LogP contribution in [0.1, 0.15) is 30.5 Å². The Labute approximate surface area is 176 Å². The van der Waals surface area contributed by atoms with Crippen LogP contribution in [0, 0.1) is 12.8 Å². The van der Waals surface area contributed by atoms with Crippen molar-refractivity contribution < 1.29 is 23.9 Å². The van der Waals surface area contributed by atoms with Crippen LogP contribution in [0.3, 0.4) is 0 Å². The first-order valence-electron chi connectivity index (χ1n) is 9.84. The molecule has 1 aliphatic rings. The number of hydrogen-bond donors (Lipinski definition) is 1. The van der Waals surface area contributed by atoms with Crippen LogP contribution >= 0.6 is 0 Å². The zero-order valence-corrected chi connectivity index (χ0v) is 17.4. The average Bonchev–Trinajstić information content (AvgIpc) is 3.14. The Bertz CT molecular complexity index is 928. The second kappa shape index (κ2) is 9.43. The van der Waals surface area contributed by atoms with Gasteiger partial charge in [0.25, 0.3) is 5.91 Å². The van der Waals surface area contributed by atoms with Gasteiger partial charge in [0.05, 0.1) is 24.8 Å². The SMILES string of the molecule is COc1ccc(C)cc1NC(=O)COC(=O)[C@@H]1CC(=O)N([C@H](C)c2ccccc2)C1. The summed E-state index contributed by atoms with van der Waals surface area (Å²) in [7, 11) is 1.51. The summed E-state index contributed by atoms with van der Waals surface area (Å²) in [5.41, 5.74) is 2.48. The number of likely N-dealkylation sites (tertiary alicyclic amines) is 1. The van der Waals surface area contributed by atoms with Gasteiger partial charge in [-0.25, -0.2) is 0 Å². The van der Waals surface area contributed by atoms with E-state index in [4.69, 9.17) is 9.47 Å². The number of nitrogens with zero attached hydrogens (tertiary/aromatic N) is 1. The van der Waals surface area contributed by atoms with Crippen LogP contribution < -0.4 is 10.1 Å². The van der Waals surface area contributed by atoms with Gasteiger partial charge in [0, 0.05) is 13.0 Å². The molecule has 0 saturated carbocycles. The van der Waals surface area contributed by atoms with Gasteiger partial charge in [0.15, 0.2) is 6.61 Å². The van der Waals surface area contributed by atoms with Crippen molar-refractivity contribution in [2.45, 2.75) is 26.3 Å². The Morgan fingerprint density at radius 1 is 1.20 bits per heavy atom. The molecule has 0 aromatic heterocycles. The van der Waals surface area contributed by atoms with Crippen molar-refractivity contribution in [1.29, 1.82) is 0 Å². The summed E-state index contributed by atoms with van der Waals surface area (Å²) in [5, 5.41) is 2.69. The Morgan fingerprint density at radius 2 is 1.93 bits per heavy atom. The normalized spacial score (nSPS) is 16.8. The second-order valence-electron chi connectivity index (χ2n) is 7.39. The molecule has 2 amide bonds. The Morgan fingerprint density at radius 3 is 2.63 bits per heavy atom. The molecule has 7 nitrogen and oxygen atoms in total.